The Kier molecular flexibility index (Phi) is 6.71. The first-order valence-electron chi connectivity index (χ1n) is 6.66. The number of hydrogen-bond donors (Lipinski definition) is 1. The fraction of sp³-hybridized carbons (Fsp3) is 0.600. The molecular weight excluding hydrogens is 210 g/mol. The van der Waals surface area contributed by atoms with Crippen LogP contribution in [0.2, 0.25) is 0 Å². The van der Waals surface area contributed by atoms with Gasteiger partial charge in [-0.15, -0.1) is 0 Å². The molecule has 1 aromatic carbocycles. The summed E-state index contributed by atoms with van der Waals surface area (Å²) >= 11 is 0. The summed E-state index contributed by atoms with van der Waals surface area (Å²) in [7, 11) is 1.70. The molecule has 1 rings (SSSR count). The summed E-state index contributed by atoms with van der Waals surface area (Å²) in [5.41, 5.74) is 1.37. The van der Waals surface area contributed by atoms with Crippen molar-refractivity contribution in [3.8, 4) is 5.75 Å². The molecule has 0 saturated heterocycles. The largest absolute Gasteiger partial charge is 0.497 e. The van der Waals surface area contributed by atoms with Crippen LogP contribution < -0.4 is 10.1 Å². The van der Waals surface area contributed by atoms with Crippen molar-refractivity contribution in [1.82, 2.24) is 5.32 Å². The van der Waals surface area contributed by atoms with Gasteiger partial charge in [0.25, 0.3) is 0 Å². The summed E-state index contributed by atoms with van der Waals surface area (Å²) in [6.45, 7) is 5.55. The first-order valence-corrected chi connectivity index (χ1v) is 6.66. The Morgan fingerprint density at radius 1 is 1.18 bits per heavy atom. The molecule has 2 nitrogen and oxygen atoms in total. The Bertz CT molecular complexity index is 294. The van der Waals surface area contributed by atoms with Crippen LogP contribution in [-0.2, 0) is 6.42 Å². The van der Waals surface area contributed by atoms with Gasteiger partial charge in [0, 0.05) is 6.04 Å². The highest BCUT2D eigenvalue weighted by Crippen LogP contribution is 2.11. The number of rotatable bonds is 8. The van der Waals surface area contributed by atoms with Crippen molar-refractivity contribution >= 4 is 0 Å². The minimum atomic E-state index is 0.679. The standard InChI is InChI=1S/C15H25NO/c1-4-6-14(5-2)16-12-11-13-7-9-15(17-3)10-8-13/h7-10,14,16H,4-6,11-12H2,1-3H3. The summed E-state index contributed by atoms with van der Waals surface area (Å²) in [5.74, 6) is 0.930. The van der Waals surface area contributed by atoms with E-state index in [1.165, 1.54) is 24.8 Å². The van der Waals surface area contributed by atoms with Crippen molar-refractivity contribution in [2.75, 3.05) is 13.7 Å². The number of methoxy groups -OCH3 is 1. The van der Waals surface area contributed by atoms with E-state index in [0.29, 0.717) is 6.04 Å². The van der Waals surface area contributed by atoms with Crippen LogP contribution in [0.4, 0.5) is 0 Å². The molecule has 0 amide bonds. The molecule has 0 aliphatic rings. The molecule has 1 unspecified atom stereocenters. The lowest BCUT2D eigenvalue weighted by Crippen LogP contribution is -2.30. The van der Waals surface area contributed by atoms with Crippen LogP contribution >= 0.6 is 0 Å². The third-order valence-electron chi connectivity index (χ3n) is 3.14. The van der Waals surface area contributed by atoms with Crippen molar-refractivity contribution in [1.29, 1.82) is 0 Å². The van der Waals surface area contributed by atoms with E-state index in [0.717, 1.165) is 18.7 Å². The van der Waals surface area contributed by atoms with Crippen LogP contribution in [0.1, 0.15) is 38.7 Å². The second-order valence-electron chi connectivity index (χ2n) is 4.45. The molecule has 0 heterocycles. The van der Waals surface area contributed by atoms with Crippen LogP contribution in [0.3, 0.4) is 0 Å². The molecular formula is C15H25NO. The smallest absolute Gasteiger partial charge is 0.118 e. The van der Waals surface area contributed by atoms with Crippen LogP contribution in [-0.4, -0.2) is 19.7 Å². The monoisotopic (exact) mass is 235 g/mol. The predicted molar refractivity (Wildman–Crippen MR) is 73.7 cm³/mol. The highest BCUT2D eigenvalue weighted by atomic mass is 16.5. The van der Waals surface area contributed by atoms with E-state index in [1.807, 2.05) is 12.1 Å². The number of nitrogens with one attached hydrogen (secondary N) is 1. The van der Waals surface area contributed by atoms with Crippen LogP contribution in [0.15, 0.2) is 24.3 Å². The third-order valence-corrected chi connectivity index (χ3v) is 3.14. The molecule has 0 aromatic heterocycles. The average molecular weight is 235 g/mol. The summed E-state index contributed by atoms with van der Waals surface area (Å²) in [6, 6.07) is 9.01. The Labute approximate surface area is 105 Å². The Hall–Kier alpha value is -1.02. The Morgan fingerprint density at radius 3 is 2.41 bits per heavy atom. The second-order valence-corrected chi connectivity index (χ2v) is 4.45. The summed E-state index contributed by atoms with van der Waals surface area (Å²) in [6.07, 6.45) is 4.84. The average Bonchev–Trinajstić information content (AvgIpc) is 2.38. The normalized spacial score (nSPS) is 12.4. The van der Waals surface area contributed by atoms with Gasteiger partial charge in [0.15, 0.2) is 0 Å². The van der Waals surface area contributed by atoms with Crippen LogP contribution in [0.5, 0.6) is 5.75 Å². The maximum absolute atomic E-state index is 5.15. The van der Waals surface area contributed by atoms with Crippen molar-refractivity contribution in [2.45, 2.75) is 45.6 Å². The zero-order valence-corrected chi connectivity index (χ0v) is 11.3. The van der Waals surface area contributed by atoms with E-state index in [-0.39, 0.29) is 0 Å². The minimum Gasteiger partial charge on any atom is -0.497 e. The maximum atomic E-state index is 5.15. The van der Waals surface area contributed by atoms with Crippen molar-refractivity contribution in [2.24, 2.45) is 0 Å². The van der Waals surface area contributed by atoms with E-state index >= 15 is 0 Å². The van der Waals surface area contributed by atoms with Gasteiger partial charge in [0.05, 0.1) is 7.11 Å². The SMILES string of the molecule is CCCC(CC)NCCc1ccc(OC)cc1. The quantitative estimate of drug-likeness (QED) is 0.745. The number of benzene rings is 1. The first kappa shape index (κ1) is 14.0. The molecule has 0 saturated carbocycles. The van der Waals surface area contributed by atoms with Crippen molar-refractivity contribution in [3.05, 3.63) is 29.8 Å². The summed E-state index contributed by atoms with van der Waals surface area (Å²) < 4.78 is 5.15. The number of hydrogen-bond acceptors (Lipinski definition) is 2. The van der Waals surface area contributed by atoms with Gasteiger partial charge in [-0.2, -0.15) is 0 Å². The van der Waals surface area contributed by atoms with Gasteiger partial charge in [-0.05, 0) is 43.5 Å². The lowest BCUT2D eigenvalue weighted by atomic mass is 10.1. The molecule has 1 atom stereocenters. The van der Waals surface area contributed by atoms with E-state index in [2.05, 4.69) is 31.3 Å². The van der Waals surface area contributed by atoms with Gasteiger partial charge < -0.3 is 10.1 Å². The lowest BCUT2D eigenvalue weighted by molar-refractivity contribution is 0.414. The lowest BCUT2D eigenvalue weighted by Gasteiger charge is -2.15. The highest BCUT2D eigenvalue weighted by Gasteiger charge is 2.03. The highest BCUT2D eigenvalue weighted by molar-refractivity contribution is 5.27. The van der Waals surface area contributed by atoms with Gasteiger partial charge >= 0.3 is 0 Å². The summed E-state index contributed by atoms with van der Waals surface area (Å²) in [5, 5.41) is 3.62. The van der Waals surface area contributed by atoms with Crippen molar-refractivity contribution < 1.29 is 4.74 Å². The van der Waals surface area contributed by atoms with Crippen molar-refractivity contribution in [3.63, 3.8) is 0 Å². The Balaban J connectivity index is 2.29. The third kappa shape index (κ3) is 5.22. The molecule has 1 aromatic rings. The molecule has 0 bridgehead atoms. The zero-order chi connectivity index (χ0) is 12.5. The first-order chi connectivity index (χ1) is 8.30. The fourth-order valence-corrected chi connectivity index (χ4v) is 2.01. The molecule has 2 heteroatoms. The Morgan fingerprint density at radius 2 is 1.88 bits per heavy atom. The minimum absolute atomic E-state index is 0.679. The molecule has 1 N–H and O–H groups in total. The molecule has 0 spiro atoms. The van der Waals surface area contributed by atoms with Gasteiger partial charge in [-0.1, -0.05) is 32.4 Å². The topological polar surface area (TPSA) is 21.3 Å². The van der Waals surface area contributed by atoms with E-state index < -0.39 is 0 Å². The van der Waals surface area contributed by atoms with Gasteiger partial charge in [0.1, 0.15) is 5.75 Å². The van der Waals surface area contributed by atoms with Crippen LogP contribution in [0, 0.1) is 0 Å². The molecule has 0 aliphatic heterocycles. The molecule has 17 heavy (non-hydrogen) atoms. The molecule has 0 aliphatic carbocycles. The second kappa shape index (κ2) is 8.13. The predicted octanol–water partition coefficient (Wildman–Crippen LogP) is 3.41. The van der Waals surface area contributed by atoms with Gasteiger partial charge in [-0.25, -0.2) is 0 Å². The molecule has 96 valence electrons. The molecule has 0 fully saturated rings. The fourth-order valence-electron chi connectivity index (χ4n) is 2.01. The number of ether oxygens (including phenoxy) is 1. The summed E-state index contributed by atoms with van der Waals surface area (Å²) in [4.78, 5) is 0. The van der Waals surface area contributed by atoms with E-state index in [9.17, 15) is 0 Å². The van der Waals surface area contributed by atoms with Gasteiger partial charge in [-0.3, -0.25) is 0 Å². The van der Waals surface area contributed by atoms with E-state index in [1.54, 1.807) is 7.11 Å². The van der Waals surface area contributed by atoms with E-state index in [4.69, 9.17) is 4.74 Å². The molecule has 0 radical (unpaired) electrons. The van der Waals surface area contributed by atoms with Gasteiger partial charge in [0.2, 0.25) is 0 Å². The maximum Gasteiger partial charge on any atom is 0.118 e. The van der Waals surface area contributed by atoms with Crippen LogP contribution in [0.25, 0.3) is 0 Å². The zero-order valence-electron chi connectivity index (χ0n) is 11.3.